The Balaban J connectivity index is 1.58. The number of amidine groups is 1. The molecule has 1 fully saturated rings. The molecule has 1 aliphatic rings. The molecule has 33 heavy (non-hydrogen) atoms. The summed E-state index contributed by atoms with van der Waals surface area (Å²) in [7, 11) is 0. The molecule has 0 saturated carbocycles. The molecule has 0 atom stereocenters. The van der Waals surface area contributed by atoms with Gasteiger partial charge >= 0.3 is 18.1 Å². The van der Waals surface area contributed by atoms with Crippen LogP contribution in [0.15, 0.2) is 30.6 Å². The lowest BCUT2D eigenvalue weighted by Gasteiger charge is -2.30. The van der Waals surface area contributed by atoms with E-state index in [0.29, 0.717) is 38.1 Å². The molecule has 2 aromatic rings. The van der Waals surface area contributed by atoms with Crippen molar-refractivity contribution < 1.29 is 28.2 Å². The molecule has 11 heteroatoms. The van der Waals surface area contributed by atoms with Crippen LogP contribution in [-0.2, 0) is 20.9 Å². The average Bonchev–Trinajstić information content (AvgIpc) is 2.79. The number of nitrogens with zero attached hydrogens (tertiary/aromatic N) is 3. The van der Waals surface area contributed by atoms with Gasteiger partial charge in [-0.2, -0.15) is 0 Å². The van der Waals surface area contributed by atoms with E-state index in [4.69, 9.17) is 25.4 Å². The second-order valence-corrected chi connectivity index (χ2v) is 7.40. The van der Waals surface area contributed by atoms with Crippen LogP contribution in [0, 0.1) is 11.2 Å². The first kappa shape index (κ1) is 23.9. The van der Waals surface area contributed by atoms with E-state index in [2.05, 4.69) is 9.97 Å². The number of carbonyl (C=O) groups excluding carboxylic acids is 2. The van der Waals surface area contributed by atoms with Crippen molar-refractivity contribution in [2.45, 2.75) is 38.9 Å². The fourth-order valence-electron chi connectivity index (χ4n) is 3.32. The lowest BCUT2D eigenvalue weighted by Crippen LogP contribution is -2.42. The number of benzene rings is 1. The summed E-state index contributed by atoms with van der Waals surface area (Å²) in [4.78, 5) is 33.3. The van der Waals surface area contributed by atoms with Crippen molar-refractivity contribution in [2.24, 2.45) is 5.73 Å². The molecule has 0 aliphatic carbocycles. The molecule has 10 nitrogen and oxygen atoms in total. The van der Waals surface area contributed by atoms with Gasteiger partial charge in [-0.05, 0) is 6.92 Å². The summed E-state index contributed by atoms with van der Waals surface area (Å²) >= 11 is 0. The van der Waals surface area contributed by atoms with E-state index >= 15 is 0 Å². The van der Waals surface area contributed by atoms with Gasteiger partial charge in [0.2, 0.25) is 0 Å². The van der Waals surface area contributed by atoms with E-state index in [1.54, 1.807) is 24.0 Å². The molecule has 1 saturated heterocycles. The Labute approximate surface area is 190 Å². The Bertz CT molecular complexity index is 993. The van der Waals surface area contributed by atoms with E-state index in [1.165, 1.54) is 18.5 Å². The smallest absolute Gasteiger partial charge is 0.409 e. The van der Waals surface area contributed by atoms with E-state index in [-0.39, 0.29) is 48.2 Å². The van der Waals surface area contributed by atoms with Crippen LogP contribution in [0.5, 0.6) is 6.01 Å². The minimum atomic E-state index is -0.703. The number of hydrogen-bond donors (Lipinski definition) is 2. The van der Waals surface area contributed by atoms with Crippen LogP contribution in [0.3, 0.4) is 0 Å². The Kier molecular flexibility index (Phi) is 8.11. The molecular formula is C22H26FN5O5. The van der Waals surface area contributed by atoms with Crippen molar-refractivity contribution in [3.63, 3.8) is 0 Å². The highest BCUT2D eigenvalue weighted by Crippen LogP contribution is 2.26. The normalized spacial score (nSPS) is 13.9. The van der Waals surface area contributed by atoms with Crippen LogP contribution >= 0.6 is 0 Å². The number of carbonyl (C=O) groups is 2. The molecule has 1 aliphatic heterocycles. The Morgan fingerprint density at radius 2 is 1.91 bits per heavy atom. The quantitative estimate of drug-likeness (QED) is 0.349. The molecule has 176 valence electrons. The molecule has 0 spiro atoms. The standard InChI is InChI=1S/C22H26FN5O5/c1-2-31-22(30)28-8-6-16(7-9-28)33-21-26-11-15(12-27-21)17-5-3-4-14(20(17)23)13-32-19(29)10-18(24)25/h3-5,11-12,16H,2,6-10,13H2,1H3,(H3,24,25). The Morgan fingerprint density at radius 3 is 2.55 bits per heavy atom. The van der Waals surface area contributed by atoms with Gasteiger partial charge in [0.15, 0.2) is 0 Å². The van der Waals surface area contributed by atoms with Gasteiger partial charge in [-0.15, -0.1) is 0 Å². The van der Waals surface area contributed by atoms with Crippen LogP contribution in [0.25, 0.3) is 11.1 Å². The van der Waals surface area contributed by atoms with Gasteiger partial charge in [0, 0.05) is 55.0 Å². The number of hydrogen-bond acceptors (Lipinski definition) is 8. The summed E-state index contributed by atoms with van der Waals surface area (Å²) in [6, 6.07) is 4.87. The predicted molar refractivity (Wildman–Crippen MR) is 116 cm³/mol. The minimum absolute atomic E-state index is 0.133. The molecule has 1 aromatic heterocycles. The molecule has 0 unspecified atom stereocenters. The maximum atomic E-state index is 14.9. The van der Waals surface area contributed by atoms with E-state index in [0.717, 1.165) is 0 Å². The fourth-order valence-corrected chi connectivity index (χ4v) is 3.32. The molecule has 1 aromatic carbocycles. The largest absolute Gasteiger partial charge is 0.460 e. The van der Waals surface area contributed by atoms with Gasteiger partial charge in [-0.3, -0.25) is 10.2 Å². The highest BCUT2D eigenvalue weighted by Gasteiger charge is 2.25. The van der Waals surface area contributed by atoms with E-state index < -0.39 is 11.8 Å². The first-order chi connectivity index (χ1) is 15.9. The SMILES string of the molecule is CCOC(=O)N1CCC(Oc2ncc(-c3cccc(COC(=O)CC(=N)N)c3F)cn2)CC1. The maximum Gasteiger partial charge on any atom is 0.409 e. The molecular weight excluding hydrogens is 433 g/mol. The zero-order valence-corrected chi connectivity index (χ0v) is 18.3. The van der Waals surface area contributed by atoms with E-state index in [9.17, 15) is 14.0 Å². The van der Waals surface area contributed by atoms with Crippen molar-refractivity contribution in [1.29, 1.82) is 5.41 Å². The van der Waals surface area contributed by atoms with Gasteiger partial charge in [0.25, 0.3) is 0 Å². The summed E-state index contributed by atoms with van der Waals surface area (Å²) in [5, 5.41) is 7.09. The number of likely N-dealkylation sites (tertiary alicyclic amines) is 1. The summed E-state index contributed by atoms with van der Waals surface area (Å²) in [5.74, 6) is -1.58. The predicted octanol–water partition coefficient (Wildman–Crippen LogP) is 2.65. The number of piperidine rings is 1. The number of halogens is 1. The van der Waals surface area contributed by atoms with Crippen molar-refractivity contribution in [2.75, 3.05) is 19.7 Å². The van der Waals surface area contributed by atoms with Crippen molar-refractivity contribution in [3.05, 3.63) is 42.0 Å². The second kappa shape index (κ2) is 11.2. The van der Waals surface area contributed by atoms with Gasteiger partial charge in [0.1, 0.15) is 30.8 Å². The van der Waals surface area contributed by atoms with Gasteiger partial charge in [-0.1, -0.05) is 18.2 Å². The monoisotopic (exact) mass is 459 g/mol. The molecule has 1 amide bonds. The van der Waals surface area contributed by atoms with Gasteiger partial charge in [-0.25, -0.2) is 19.2 Å². The van der Waals surface area contributed by atoms with Crippen molar-refractivity contribution in [1.82, 2.24) is 14.9 Å². The Morgan fingerprint density at radius 1 is 1.21 bits per heavy atom. The highest BCUT2D eigenvalue weighted by molar-refractivity contribution is 5.94. The van der Waals surface area contributed by atoms with Crippen LogP contribution in [0.4, 0.5) is 9.18 Å². The zero-order chi connectivity index (χ0) is 23.8. The second-order valence-electron chi connectivity index (χ2n) is 7.40. The van der Waals surface area contributed by atoms with Crippen molar-refractivity contribution in [3.8, 4) is 17.1 Å². The number of esters is 1. The third-order valence-corrected chi connectivity index (χ3v) is 4.98. The van der Waals surface area contributed by atoms with Crippen LogP contribution in [0.1, 0.15) is 31.7 Å². The third kappa shape index (κ3) is 6.61. The van der Waals surface area contributed by atoms with Crippen LogP contribution in [-0.4, -0.2) is 58.6 Å². The molecule has 3 rings (SSSR count). The fraction of sp³-hybridized carbons (Fsp3) is 0.409. The van der Waals surface area contributed by atoms with Crippen molar-refractivity contribution >= 4 is 17.9 Å². The minimum Gasteiger partial charge on any atom is -0.460 e. The number of aromatic nitrogens is 2. The summed E-state index contributed by atoms with van der Waals surface area (Å²) in [6.45, 7) is 2.87. The first-order valence-electron chi connectivity index (χ1n) is 10.5. The average molecular weight is 459 g/mol. The Hall–Kier alpha value is -3.76. The highest BCUT2D eigenvalue weighted by atomic mass is 19.1. The number of rotatable bonds is 8. The summed E-state index contributed by atoms with van der Waals surface area (Å²) in [6.07, 6.45) is 3.37. The molecule has 2 heterocycles. The zero-order valence-electron chi connectivity index (χ0n) is 18.3. The third-order valence-electron chi connectivity index (χ3n) is 4.98. The molecule has 3 N–H and O–H groups in total. The number of amides is 1. The van der Waals surface area contributed by atoms with Gasteiger partial charge < -0.3 is 24.8 Å². The van der Waals surface area contributed by atoms with Crippen LogP contribution in [0.2, 0.25) is 0 Å². The topological polar surface area (TPSA) is 141 Å². The van der Waals surface area contributed by atoms with E-state index in [1.807, 2.05) is 0 Å². The lowest BCUT2D eigenvalue weighted by molar-refractivity contribution is -0.143. The maximum absolute atomic E-state index is 14.9. The molecule has 0 bridgehead atoms. The summed E-state index contributed by atoms with van der Waals surface area (Å²) in [5.41, 5.74) is 6.03. The van der Waals surface area contributed by atoms with Gasteiger partial charge in [0.05, 0.1) is 6.61 Å². The number of nitrogens with one attached hydrogen (secondary N) is 1. The number of nitrogens with two attached hydrogens (primary N) is 1. The first-order valence-corrected chi connectivity index (χ1v) is 10.5. The lowest BCUT2D eigenvalue weighted by atomic mass is 10.1. The number of ether oxygens (including phenoxy) is 3. The summed E-state index contributed by atoms with van der Waals surface area (Å²) < 4.78 is 30.7. The van der Waals surface area contributed by atoms with Crippen LogP contribution < -0.4 is 10.5 Å². The molecule has 0 radical (unpaired) electrons.